The first-order valence-electron chi connectivity index (χ1n) is 10.3. The molecule has 0 bridgehead atoms. The van der Waals surface area contributed by atoms with Crippen LogP contribution in [0.15, 0.2) is 29.2 Å². The van der Waals surface area contributed by atoms with Crippen LogP contribution in [0.1, 0.15) is 60.7 Å². The number of anilines is 1. The van der Waals surface area contributed by atoms with Gasteiger partial charge in [0.15, 0.2) is 5.78 Å². The summed E-state index contributed by atoms with van der Waals surface area (Å²) in [6.45, 7) is 7.14. The minimum absolute atomic E-state index is 0.0223. The summed E-state index contributed by atoms with van der Waals surface area (Å²) < 4.78 is 38.6. The highest BCUT2D eigenvalue weighted by atomic mass is 35.5. The summed E-state index contributed by atoms with van der Waals surface area (Å²) >= 11 is 7.11. The SMILES string of the molecule is CCC(=O)NCc1cc(C(F)(F)F)cc2c1NC(C)S2.CCC(=O)c1cc(Cl)cc(C)c1O. The summed E-state index contributed by atoms with van der Waals surface area (Å²) in [6, 6.07) is 5.38. The number of hydrogen-bond acceptors (Lipinski definition) is 5. The minimum atomic E-state index is -4.38. The topological polar surface area (TPSA) is 78.4 Å². The van der Waals surface area contributed by atoms with E-state index in [4.69, 9.17) is 11.6 Å². The first-order valence-corrected chi connectivity index (χ1v) is 11.6. The van der Waals surface area contributed by atoms with E-state index in [0.717, 1.165) is 12.1 Å². The Morgan fingerprint density at radius 1 is 1.18 bits per heavy atom. The van der Waals surface area contributed by atoms with Crippen LogP contribution in [-0.4, -0.2) is 22.2 Å². The molecule has 0 saturated heterocycles. The predicted molar refractivity (Wildman–Crippen MR) is 125 cm³/mol. The number of thioether (sulfide) groups is 1. The van der Waals surface area contributed by atoms with Crippen LogP contribution < -0.4 is 10.6 Å². The van der Waals surface area contributed by atoms with Gasteiger partial charge in [-0.05, 0) is 49.2 Å². The van der Waals surface area contributed by atoms with Crippen molar-refractivity contribution in [3.63, 3.8) is 0 Å². The van der Waals surface area contributed by atoms with E-state index in [9.17, 15) is 27.9 Å². The lowest BCUT2D eigenvalue weighted by atomic mass is 10.0. The summed E-state index contributed by atoms with van der Waals surface area (Å²) in [5, 5.41) is 15.8. The molecule has 1 aliphatic heterocycles. The molecule has 0 spiro atoms. The molecular weight excluding hydrogens is 477 g/mol. The Morgan fingerprint density at radius 3 is 2.42 bits per heavy atom. The molecule has 1 heterocycles. The maximum atomic E-state index is 12.9. The van der Waals surface area contributed by atoms with E-state index < -0.39 is 11.7 Å². The molecule has 0 fully saturated rings. The van der Waals surface area contributed by atoms with Crippen molar-refractivity contribution in [2.24, 2.45) is 0 Å². The molecule has 3 rings (SSSR count). The van der Waals surface area contributed by atoms with E-state index in [1.165, 1.54) is 17.8 Å². The number of phenolic OH excluding ortho intramolecular Hbond substituents is 1. The Morgan fingerprint density at radius 2 is 1.85 bits per heavy atom. The van der Waals surface area contributed by atoms with Crippen molar-refractivity contribution in [2.75, 3.05) is 5.32 Å². The quantitative estimate of drug-likeness (QED) is 0.404. The number of carbonyl (C=O) groups excluding carboxylic acids is 2. The molecule has 5 nitrogen and oxygen atoms in total. The molecule has 0 saturated carbocycles. The van der Waals surface area contributed by atoms with Gasteiger partial charge < -0.3 is 15.7 Å². The van der Waals surface area contributed by atoms with Crippen molar-refractivity contribution < 1.29 is 27.9 Å². The number of alkyl halides is 3. The van der Waals surface area contributed by atoms with Gasteiger partial charge in [0.1, 0.15) is 5.75 Å². The summed E-state index contributed by atoms with van der Waals surface area (Å²) in [5.41, 5.74) is 1.41. The van der Waals surface area contributed by atoms with Gasteiger partial charge in [-0.1, -0.05) is 37.2 Å². The lowest BCUT2D eigenvalue weighted by molar-refractivity contribution is -0.137. The van der Waals surface area contributed by atoms with Crippen LogP contribution in [0.25, 0.3) is 0 Å². The standard InChI is InChI=1S/C13H15F3N2OS.C10H11ClO2/c1-3-11(19)17-6-8-4-9(13(14,15)16)5-10-12(8)18-7(2)20-10;1-3-9(12)8-5-7(11)4-6(2)10(8)13/h4-5,7,18H,3,6H2,1-2H3,(H,17,19);4-5,13H,3H2,1-2H3. The van der Waals surface area contributed by atoms with Crippen molar-refractivity contribution in [3.8, 4) is 5.75 Å². The molecule has 0 aliphatic carbocycles. The summed E-state index contributed by atoms with van der Waals surface area (Å²) in [4.78, 5) is 23.2. The first-order chi connectivity index (χ1) is 15.4. The summed E-state index contributed by atoms with van der Waals surface area (Å²) in [6.07, 6.45) is -3.71. The van der Waals surface area contributed by atoms with Crippen LogP contribution in [0.4, 0.5) is 18.9 Å². The number of amides is 1. The number of aromatic hydroxyl groups is 1. The highest BCUT2D eigenvalue weighted by molar-refractivity contribution is 8.00. The van der Waals surface area contributed by atoms with Gasteiger partial charge in [-0.15, -0.1) is 0 Å². The van der Waals surface area contributed by atoms with E-state index in [-0.39, 0.29) is 29.4 Å². The van der Waals surface area contributed by atoms with E-state index >= 15 is 0 Å². The van der Waals surface area contributed by atoms with Crippen LogP contribution in [-0.2, 0) is 17.5 Å². The fourth-order valence-corrected chi connectivity index (χ4v) is 4.45. The molecule has 3 N–H and O–H groups in total. The molecule has 1 aliphatic rings. The lowest BCUT2D eigenvalue weighted by Crippen LogP contribution is -2.22. The van der Waals surface area contributed by atoms with E-state index in [1.807, 2.05) is 6.92 Å². The van der Waals surface area contributed by atoms with Crippen LogP contribution in [0, 0.1) is 6.92 Å². The van der Waals surface area contributed by atoms with Crippen molar-refractivity contribution >= 4 is 40.7 Å². The second kappa shape index (κ2) is 11.2. The van der Waals surface area contributed by atoms with Crippen molar-refractivity contribution in [1.82, 2.24) is 5.32 Å². The normalized spacial score (nSPS) is 14.6. The van der Waals surface area contributed by atoms with Crippen LogP contribution >= 0.6 is 23.4 Å². The Balaban J connectivity index is 0.000000257. The van der Waals surface area contributed by atoms with Crippen LogP contribution in [0.5, 0.6) is 5.75 Å². The van der Waals surface area contributed by atoms with E-state index in [0.29, 0.717) is 45.1 Å². The number of fused-ring (bicyclic) bond motifs is 1. The minimum Gasteiger partial charge on any atom is -0.507 e. The number of benzene rings is 2. The number of aryl methyl sites for hydroxylation is 1. The number of Topliss-reactive ketones (excluding diaryl/α,β-unsaturated/α-hetero) is 1. The molecule has 1 unspecified atom stereocenters. The predicted octanol–water partition coefficient (Wildman–Crippen LogP) is 6.54. The van der Waals surface area contributed by atoms with E-state index in [1.54, 1.807) is 26.8 Å². The van der Waals surface area contributed by atoms with Gasteiger partial charge in [0.05, 0.1) is 22.2 Å². The number of halogens is 4. The van der Waals surface area contributed by atoms with Gasteiger partial charge in [-0.3, -0.25) is 9.59 Å². The first kappa shape index (κ1) is 26.9. The van der Waals surface area contributed by atoms with Crippen LogP contribution in [0.3, 0.4) is 0 Å². The number of rotatable bonds is 5. The van der Waals surface area contributed by atoms with Gasteiger partial charge in [-0.25, -0.2) is 0 Å². The fraction of sp³-hybridized carbons (Fsp3) is 0.391. The second-order valence-corrected chi connectivity index (χ2v) is 9.26. The molecule has 0 aromatic heterocycles. The van der Waals surface area contributed by atoms with Crippen LogP contribution in [0.2, 0.25) is 5.02 Å². The number of ketones is 1. The van der Waals surface area contributed by atoms with Crippen molar-refractivity contribution in [1.29, 1.82) is 0 Å². The zero-order valence-corrected chi connectivity index (χ0v) is 20.3. The molecule has 1 atom stereocenters. The fourth-order valence-electron chi connectivity index (χ4n) is 3.11. The average Bonchev–Trinajstić information content (AvgIpc) is 3.13. The lowest BCUT2D eigenvalue weighted by Gasteiger charge is -2.14. The smallest absolute Gasteiger partial charge is 0.416 e. The second-order valence-electron chi connectivity index (χ2n) is 7.44. The molecule has 33 heavy (non-hydrogen) atoms. The summed E-state index contributed by atoms with van der Waals surface area (Å²) in [7, 11) is 0. The largest absolute Gasteiger partial charge is 0.507 e. The third kappa shape index (κ3) is 7.04. The van der Waals surface area contributed by atoms with E-state index in [2.05, 4.69) is 10.6 Å². The van der Waals surface area contributed by atoms with Gasteiger partial charge in [0.2, 0.25) is 5.91 Å². The molecule has 10 heteroatoms. The highest BCUT2D eigenvalue weighted by Crippen LogP contribution is 2.44. The number of nitrogens with one attached hydrogen (secondary N) is 2. The third-order valence-electron chi connectivity index (χ3n) is 4.85. The highest BCUT2D eigenvalue weighted by Gasteiger charge is 2.34. The molecule has 180 valence electrons. The maximum absolute atomic E-state index is 12.9. The van der Waals surface area contributed by atoms with Gasteiger partial charge in [0, 0.05) is 29.3 Å². The van der Waals surface area contributed by atoms with Gasteiger partial charge in [-0.2, -0.15) is 13.2 Å². The van der Waals surface area contributed by atoms with Gasteiger partial charge >= 0.3 is 6.18 Å². The zero-order valence-electron chi connectivity index (χ0n) is 18.7. The average molecular weight is 503 g/mol. The van der Waals surface area contributed by atoms with Crippen molar-refractivity contribution in [3.05, 3.63) is 51.5 Å². The Labute approximate surface area is 200 Å². The number of phenols is 1. The Bertz CT molecular complexity index is 1040. The number of carbonyl (C=O) groups is 2. The summed E-state index contributed by atoms with van der Waals surface area (Å²) in [5.74, 6) is -0.241. The Hall–Kier alpha value is -2.39. The zero-order chi connectivity index (χ0) is 24.9. The molecule has 1 amide bonds. The maximum Gasteiger partial charge on any atom is 0.416 e. The Kier molecular flexibility index (Phi) is 9.08. The molecule has 2 aromatic rings. The molecule has 2 aromatic carbocycles. The third-order valence-corrected chi connectivity index (χ3v) is 6.11. The molecular formula is C23H26ClF3N2O3S. The van der Waals surface area contributed by atoms with Gasteiger partial charge in [0.25, 0.3) is 0 Å². The number of hydrogen-bond donors (Lipinski definition) is 3. The molecule has 0 radical (unpaired) electrons. The monoisotopic (exact) mass is 502 g/mol. The van der Waals surface area contributed by atoms with Crippen molar-refractivity contribution in [2.45, 2.75) is 63.5 Å².